The molecule has 1 aliphatic heterocycles. The molecule has 1 aliphatic rings. The molecule has 1 saturated heterocycles. The Morgan fingerprint density at radius 1 is 1.17 bits per heavy atom. The maximum Gasteiger partial charge on any atom is 0.243 e. The van der Waals surface area contributed by atoms with Crippen molar-refractivity contribution in [1.29, 1.82) is 0 Å². The predicted molar refractivity (Wildman–Crippen MR) is 87.4 cm³/mol. The molecule has 0 N–H and O–H groups in total. The Labute approximate surface area is 136 Å². The number of benzene rings is 1. The SMILES string of the molecule is CCCN1CCN(S(=O)(=O)c2cccc(-c3ccno3)c2)CC1. The van der Waals surface area contributed by atoms with Gasteiger partial charge in [0, 0.05) is 37.8 Å². The lowest BCUT2D eigenvalue weighted by Gasteiger charge is -2.33. The number of sulfonamides is 1. The minimum absolute atomic E-state index is 0.301. The fraction of sp³-hybridized carbons (Fsp3) is 0.438. The number of nitrogens with zero attached hydrogens (tertiary/aromatic N) is 3. The Hall–Kier alpha value is -1.70. The van der Waals surface area contributed by atoms with Crippen LogP contribution < -0.4 is 0 Å². The van der Waals surface area contributed by atoms with Crippen molar-refractivity contribution in [3.8, 4) is 11.3 Å². The summed E-state index contributed by atoms with van der Waals surface area (Å²) in [5, 5.41) is 3.67. The maximum atomic E-state index is 12.8. The van der Waals surface area contributed by atoms with E-state index in [-0.39, 0.29) is 0 Å². The lowest BCUT2D eigenvalue weighted by molar-refractivity contribution is 0.188. The fourth-order valence-electron chi connectivity index (χ4n) is 2.83. The second kappa shape index (κ2) is 6.82. The van der Waals surface area contributed by atoms with Crippen LogP contribution in [0.1, 0.15) is 13.3 Å². The molecule has 7 heteroatoms. The summed E-state index contributed by atoms with van der Waals surface area (Å²) < 4.78 is 32.3. The van der Waals surface area contributed by atoms with Gasteiger partial charge in [-0.3, -0.25) is 0 Å². The highest BCUT2D eigenvalue weighted by molar-refractivity contribution is 7.89. The third kappa shape index (κ3) is 3.46. The molecule has 124 valence electrons. The monoisotopic (exact) mass is 335 g/mol. The van der Waals surface area contributed by atoms with Crippen molar-refractivity contribution < 1.29 is 12.9 Å². The smallest absolute Gasteiger partial charge is 0.243 e. The first kappa shape index (κ1) is 16.2. The Kier molecular flexibility index (Phi) is 4.79. The molecule has 0 unspecified atom stereocenters. The Balaban J connectivity index is 1.79. The van der Waals surface area contributed by atoms with Gasteiger partial charge in [0.25, 0.3) is 0 Å². The maximum absolute atomic E-state index is 12.8. The Bertz CT molecular complexity index is 736. The number of hydrogen-bond donors (Lipinski definition) is 0. The zero-order chi connectivity index (χ0) is 16.3. The zero-order valence-corrected chi connectivity index (χ0v) is 14.0. The van der Waals surface area contributed by atoms with Gasteiger partial charge < -0.3 is 9.42 Å². The van der Waals surface area contributed by atoms with E-state index in [9.17, 15) is 8.42 Å². The lowest BCUT2D eigenvalue weighted by Crippen LogP contribution is -2.48. The third-order valence-electron chi connectivity index (χ3n) is 4.07. The molecule has 0 amide bonds. The molecule has 1 aromatic heterocycles. The van der Waals surface area contributed by atoms with E-state index < -0.39 is 10.0 Å². The van der Waals surface area contributed by atoms with Gasteiger partial charge in [0.05, 0.1) is 11.1 Å². The standard InChI is InChI=1S/C16H21N3O3S/c1-2-8-18-9-11-19(12-10-18)23(20,21)15-5-3-4-14(13-15)16-6-7-17-22-16/h3-7,13H,2,8-12H2,1H3. The van der Waals surface area contributed by atoms with Crippen molar-refractivity contribution in [1.82, 2.24) is 14.4 Å². The summed E-state index contributed by atoms with van der Waals surface area (Å²) in [5.74, 6) is 0.565. The van der Waals surface area contributed by atoms with Gasteiger partial charge in [-0.2, -0.15) is 4.31 Å². The molecule has 2 heterocycles. The first-order chi connectivity index (χ1) is 11.1. The van der Waals surface area contributed by atoms with Gasteiger partial charge in [-0.25, -0.2) is 8.42 Å². The molecule has 23 heavy (non-hydrogen) atoms. The van der Waals surface area contributed by atoms with Crippen LogP contribution in [0.3, 0.4) is 0 Å². The third-order valence-corrected chi connectivity index (χ3v) is 5.96. The highest BCUT2D eigenvalue weighted by Gasteiger charge is 2.28. The van der Waals surface area contributed by atoms with Crippen LogP contribution in [0.5, 0.6) is 0 Å². The summed E-state index contributed by atoms with van der Waals surface area (Å²) in [6.45, 7) is 5.81. The molecule has 2 aromatic rings. The van der Waals surface area contributed by atoms with Crippen molar-refractivity contribution in [3.05, 3.63) is 36.5 Å². The molecule has 0 atom stereocenters. The van der Waals surface area contributed by atoms with Crippen molar-refractivity contribution in [2.75, 3.05) is 32.7 Å². The second-order valence-corrected chi connectivity index (χ2v) is 7.59. The van der Waals surface area contributed by atoms with Gasteiger partial charge >= 0.3 is 0 Å². The van der Waals surface area contributed by atoms with E-state index in [0.717, 1.165) is 26.1 Å². The molecular weight excluding hydrogens is 314 g/mol. The highest BCUT2D eigenvalue weighted by atomic mass is 32.2. The normalized spacial score (nSPS) is 17.4. The summed E-state index contributed by atoms with van der Waals surface area (Å²) in [5.41, 5.74) is 0.716. The lowest BCUT2D eigenvalue weighted by atomic mass is 10.2. The fourth-order valence-corrected chi connectivity index (χ4v) is 4.30. The van der Waals surface area contributed by atoms with Crippen LogP contribution in [-0.4, -0.2) is 55.5 Å². The molecule has 0 bridgehead atoms. The molecule has 0 aliphatic carbocycles. The van der Waals surface area contributed by atoms with Crippen LogP contribution in [-0.2, 0) is 10.0 Å². The summed E-state index contributed by atoms with van der Waals surface area (Å²) in [7, 11) is -3.47. The van der Waals surface area contributed by atoms with Crippen LogP contribution >= 0.6 is 0 Å². The highest BCUT2D eigenvalue weighted by Crippen LogP contribution is 2.24. The van der Waals surface area contributed by atoms with Crippen LogP contribution in [0.15, 0.2) is 45.9 Å². The molecular formula is C16H21N3O3S. The average Bonchev–Trinajstić information content (AvgIpc) is 3.10. The van der Waals surface area contributed by atoms with Crippen LogP contribution in [0.2, 0.25) is 0 Å². The Morgan fingerprint density at radius 3 is 2.61 bits per heavy atom. The van der Waals surface area contributed by atoms with Crippen molar-refractivity contribution in [2.45, 2.75) is 18.2 Å². The molecule has 0 radical (unpaired) electrons. The van der Waals surface area contributed by atoms with Gasteiger partial charge in [-0.05, 0) is 25.1 Å². The van der Waals surface area contributed by atoms with Gasteiger partial charge in [0.1, 0.15) is 0 Å². The Morgan fingerprint density at radius 2 is 1.96 bits per heavy atom. The van der Waals surface area contributed by atoms with E-state index in [0.29, 0.717) is 29.3 Å². The summed E-state index contributed by atoms with van der Waals surface area (Å²) in [4.78, 5) is 2.60. The molecule has 3 rings (SSSR count). The quantitative estimate of drug-likeness (QED) is 0.837. The van der Waals surface area contributed by atoms with Gasteiger partial charge in [0.2, 0.25) is 10.0 Å². The van der Waals surface area contributed by atoms with Crippen molar-refractivity contribution >= 4 is 10.0 Å². The van der Waals surface area contributed by atoms with Gasteiger partial charge in [0.15, 0.2) is 5.76 Å². The molecule has 0 saturated carbocycles. The first-order valence-corrected chi connectivity index (χ1v) is 9.29. The summed E-state index contributed by atoms with van der Waals surface area (Å²) in [6, 6.07) is 8.55. The number of hydrogen-bond acceptors (Lipinski definition) is 5. The van der Waals surface area contributed by atoms with Crippen molar-refractivity contribution in [3.63, 3.8) is 0 Å². The minimum atomic E-state index is -3.47. The average molecular weight is 335 g/mol. The molecule has 0 spiro atoms. The summed E-state index contributed by atoms with van der Waals surface area (Å²) >= 11 is 0. The first-order valence-electron chi connectivity index (χ1n) is 7.85. The molecule has 6 nitrogen and oxygen atoms in total. The van der Waals surface area contributed by atoms with Crippen LogP contribution in [0.4, 0.5) is 0 Å². The van der Waals surface area contributed by atoms with Crippen LogP contribution in [0.25, 0.3) is 11.3 Å². The van der Waals surface area contributed by atoms with E-state index in [1.165, 1.54) is 0 Å². The minimum Gasteiger partial charge on any atom is -0.356 e. The number of aromatic nitrogens is 1. The van der Waals surface area contributed by atoms with E-state index in [1.54, 1.807) is 34.8 Å². The zero-order valence-electron chi connectivity index (χ0n) is 13.2. The van der Waals surface area contributed by atoms with Gasteiger partial charge in [-0.1, -0.05) is 24.2 Å². The number of rotatable bonds is 5. The van der Waals surface area contributed by atoms with Crippen LogP contribution in [0, 0.1) is 0 Å². The molecule has 1 aromatic carbocycles. The topological polar surface area (TPSA) is 66.7 Å². The van der Waals surface area contributed by atoms with Gasteiger partial charge in [-0.15, -0.1) is 0 Å². The molecule has 1 fully saturated rings. The van der Waals surface area contributed by atoms with E-state index in [1.807, 2.05) is 6.07 Å². The number of piperazine rings is 1. The van der Waals surface area contributed by atoms with Crippen molar-refractivity contribution in [2.24, 2.45) is 0 Å². The van der Waals surface area contributed by atoms with E-state index in [2.05, 4.69) is 17.0 Å². The van der Waals surface area contributed by atoms with E-state index in [4.69, 9.17) is 4.52 Å². The largest absolute Gasteiger partial charge is 0.356 e. The predicted octanol–water partition coefficient (Wildman–Crippen LogP) is 2.06. The second-order valence-electron chi connectivity index (χ2n) is 5.65. The van der Waals surface area contributed by atoms with E-state index >= 15 is 0 Å². The summed E-state index contributed by atoms with van der Waals surface area (Å²) in [6.07, 6.45) is 2.63.